The van der Waals surface area contributed by atoms with Gasteiger partial charge in [-0.1, -0.05) is 81.8 Å². The van der Waals surface area contributed by atoms with Crippen molar-refractivity contribution in [1.29, 1.82) is 0 Å². The van der Waals surface area contributed by atoms with Crippen LogP contribution in [-0.2, 0) is 15.6 Å². The van der Waals surface area contributed by atoms with Crippen molar-refractivity contribution in [3.8, 4) is 0 Å². The smallest absolute Gasteiger partial charge is 0.337 e. The highest BCUT2D eigenvalue weighted by molar-refractivity contribution is 9.10. The maximum absolute atomic E-state index is 11.6. The molecule has 0 aliphatic heterocycles. The fraction of sp³-hybridized carbons (Fsp3) is 0.423. The fourth-order valence-electron chi connectivity index (χ4n) is 3.77. The van der Waals surface area contributed by atoms with Crippen LogP contribution in [0, 0.1) is 0 Å². The number of ether oxygens (including phenoxy) is 1. The van der Waals surface area contributed by atoms with E-state index in [-0.39, 0.29) is 16.8 Å². The van der Waals surface area contributed by atoms with Crippen molar-refractivity contribution in [1.82, 2.24) is 0 Å². The minimum Gasteiger partial charge on any atom is -0.465 e. The van der Waals surface area contributed by atoms with E-state index in [1.54, 1.807) is 12.1 Å². The van der Waals surface area contributed by atoms with Crippen molar-refractivity contribution >= 4 is 34.1 Å². The molecule has 0 spiro atoms. The Morgan fingerprint density at radius 1 is 0.931 bits per heavy atom. The van der Waals surface area contributed by atoms with Gasteiger partial charge in [-0.15, -0.1) is 0 Å². The van der Waals surface area contributed by atoms with Crippen LogP contribution in [0.5, 0.6) is 0 Å². The summed E-state index contributed by atoms with van der Waals surface area (Å²) in [5, 5.41) is 0. The number of rotatable bonds is 3. The molecular formula is C26H33BrO2. The Kier molecular flexibility index (Phi) is 7.50. The van der Waals surface area contributed by atoms with Crippen LogP contribution in [0.3, 0.4) is 0 Å². The summed E-state index contributed by atoms with van der Waals surface area (Å²) in [5.74, 6) is -0.312. The minimum absolute atomic E-state index is 0.191. The first-order valence-corrected chi connectivity index (χ1v) is 11.1. The number of benzene rings is 2. The average molecular weight is 457 g/mol. The van der Waals surface area contributed by atoms with Crippen molar-refractivity contribution in [2.24, 2.45) is 0 Å². The van der Waals surface area contributed by atoms with Gasteiger partial charge in [0.25, 0.3) is 0 Å². The molecule has 0 amide bonds. The Morgan fingerprint density at radius 3 is 1.97 bits per heavy atom. The van der Waals surface area contributed by atoms with E-state index in [4.69, 9.17) is 4.74 Å². The third-order valence-electron chi connectivity index (χ3n) is 5.76. The molecule has 29 heavy (non-hydrogen) atoms. The molecule has 0 saturated carbocycles. The van der Waals surface area contributed by atoms with E-state index in [0.29, 0.717) is 5.56 Å². The molecule has 1 aliphatic carbocycles. The lowest BCUT2D eigenvalue weighted by atomic mass is 9.63. The van der Waals surface area contributed by atoms with Crippen LogP contribution in [-0.4, -0.2) is 13.1 Å². The lowest BCUT2D eigenvalue weighted by Gasteiger charge is -2.42. The monoisotopic (exact) mass is 456 g/mol. The van der Waals surface area contributed by atoms with Crippen LogP contribution >= 0.6 is 15.9 Å². The number of carbonyl (C=O) groups is 1. The Morgan fingerprint density at radius 2 is 1.45 bits per heavy atom. The van der Waals surface area contributed by atoms with Gasteiger partial charge in [-0.05, 0) is 70.2 Å². The van der Waals surface area contributed by atoms with Crippen LogP contribution in [0.25, 0.3) is 12.2 Å². The molecule has 3 rings (SSSR count). The molecule has 2 aromatic rings. The molecular weight excluding hydrogens is 424 g/mol. The first-order valence-electron chi connectivity index (χ1n) is 10.3. The van der Waals surface area contributed by atoms with E-state index in [2.05, 4.69) is 67.9 Å². The molecule has 0 radical (unpaired) electrons. The molecule has 156 valence electrons. The van der Waals surface area contributed by atoms with E-state index < -0.39 is 0 Å². The zero-order valence-corrected chi connectivity index (χ0v) is 20.3. The highest BCUT2D eigenvalue weighted by atomic mass is 79.9. The van der Waals surface area contributed by atoms with E-state index in [1.165, 1.54) is 36.6 Å². The number of methoxy groups -OCH3 is 1. The SMILES string of the molecule is CC.COC(=O)c1ccc(/C=C/c2cc3c(cc2Br)C(C)(C)CCC3(C)C)cc1. The lowest BCUT2D eigenvalue weighted by Crippen LogP contribution is -2.33. The second-order valence-corrected chi connectivity index (χ2v) is 9.49. The second kappa shape index (κ2) is 9.30. The van der Waals surface area contributed by atoms with Gasteiger partial charge in [-0.2, -0.15) is 0 Å². The first kappa shape index (κ1) is 23.4. The summed E-state index contributed by atoms with van der Waals surface area (Å²) in [4.78, 5) is 11.6. The standard InChI is InChI=1S/C24H27BrO2.C2H6/c1-23(2)12-13-24(3,4)20-15-21(25)18(14-19(20)23)11-8-16-6-9-17(10-7-16)22(26)27-5;1-2/h6-11,14-15H,12-13H2,1-5H3;1-2H3/b11-8+;. The van der Waals surface area contributed by atoms with Gasteiger partial charge in [0.15, 0.2) is 0 Å². The molecule has 2 aromatic carbocycles. The van der Waals surface area contributed by atoms with Crippen LogP contribution < -0.4 is 0 Å². The van der Waals surface area contributed by atoms with Crippen molar-refractivity contribution in [2.75, 3.05) is 7.11 Å². The Labute approximate surface area is 184 Å². The van der Waals surface area contributed by atoms with Gasteiger partial charge in [0.1, 0.15) is 0 Å². The van der Waals surface area contributed by atoms with Crippen molar-refractivity contribution in [3.05, 3.63) is 68.7 Å². The van der Waals surface area contributed by atoms with Gasteiger partial charge >= 0.3 is 5.97 Å². The molecule has 0 bridgehead atoms. The maximum Gasteiger partial charge on any atom is 0.337 e. The molecule has 2 nitrogen and oxygen atoms in total. The molecule has 0 atom stereocenters. The predicted molar refractivity (Wildman–Crippen MR) is 127 cm³/mol. The molecule has 0 unspecified atom stereocenters. The largest absolute Gasteiger partial charge is 0.465 e. The number of hydrogen-bond donors (Lipinski definition) is 0. The Balaban J connectivity index is 0.00000145. The quantitative estimate of drug-likeness (QED) is 0.347. The van der Waals surface area contributed by atoms with E-state index in [9.17, 15) is 4.79 Å². The Hall–Kier alpha value is -1.87. The molecule has 1 aliphatic rings. The van der Waals surface area contributed by atoms with Gasteiger partial charge in [0, 0.05) is 4.47 Å². The molecule has 0 N–H and O–H groups in total. The topological polar surface area (TPSA) is 26.3 Å². The Bertz CT molecular complexity index is 890. The van der Waals surface area contributed by atoms with Gasteiger partial charge in [0.2, 0.25) is 0 Å². The fourth-order valence-corrected chi connectivity index (χ4v) is 4.24. The summed E-state index contributed by atoms with van der Waals surface area (Å²) in [5.41, 5.74) is 6.08. The van der Waals surface area contributed by atoms with Crippen LogP contribution in [0.1, 0.15) is 87.0 Å². The van der Waals surface area contributed by atoms with Crippen LogP contribution in [0.2, 0.25) is 0 Å². The zero-order valence-electron chi connectivity index (χ0n) is 18.7. The number of hydrogen-bond acceptors (Lipinski definition) is 2. The predicted octanol–water partition coefficient (Wildman–Crippen LogP) is 7.78. The van der Waals surface area contributed by atoms with E-state index >= 15 is 0 Å². The van der Waals surface area contributed by atoms with Gasteiger partial charge in [0.05, 0.1) is 12.7 Å². The highest BCUT2D eigenvalue weighted by Crippen LogP contribution is 2.47. The molecule has 0 heterocycles. The highest BCUT2D eigenvalue weighted by Gasteiger charge is 2.37. The summed E-state index contributed by atoms with van der Waals surface area (Å²) < 4.78 is 5.87. The van der Waals surface area contributed by atoms with Gasteiger partial charge in [-0.25, -0.2) is 4.79 Å². The molecule has 0 saturated heterocycles. The number of esters is 1. The van der Waals surface area contributed by atoms with Crippen molar-refractivity contribution in [3.63, 3.8) is 0 Å². The minimum atomic E-state index is -0.312. The number of carbonyl (C=O) groups excluding carboxylic acids is 1. The average Bonchev–Trinajstić information content (AvgIpc) is 2.71. The maximum atomic E-state index is 11.6. The van der Waals surface area contributed by atoms with E-state index in [0.717, 1.165) is 10.0 Å². The molecule has 0 aromatic heterocycles. The summed E-state index contributed by atoms with van der Waals surface area (Å²) in [6.45, 7) is 13.4. The second-order valence-electron chi connectivity index (χ2n) is 8.63. The first-order chi connectivity index (χ1) is 13.6. The van der Waals surface area contributed by atoms with Crippen molar-refractivity contribution < 1.29 is 9.53 Å². The summed E-state index contributed by atoms with van der Waals surface area (Å²) in [6, 6.07) is 12.1. The van der Waals surface area contributed by atoms with Crippen LogP contribution in [0.15, 0.2) is 40.9 Å². The zero-order chi connectivity index (χ0) is 21.8. The van der Waals surface area contributed by atoms with E-state index in [1.807, 2.05) is 26.0 Å². The summed E-state index contributed by atoms with van der Waals surface area (Å²) in [6.07, 6.45) is 6.62. The number of fused-ring (bicyclic) bond motifs is 1. The van der Waals surface area contributed by atoms with Crippen LogP contribution in [0.4, 0.5) is 0 Å². The van der Waals surface area contributed by atoms with Crippen molar-refractivity contribution in [2.45, 2.75) is 65.2 Å². The third-order valence-corrected chi connectivity index (χ3v) is 6.44. The summed E-state index contributed by atoms with van der Waals surface area (Å²) >= 11 is 3.77. The third kappa shape index (κ3) is 5.19. The van der Waals surface area contributed by atoms with Gasteiger partial charge < -0.3 is 4.74 Å². The number of halogens is 1. The molecule has 0 fully saturated rings. The molecule has 3 heteroatoms. The van der Waals surface area contributed by atoms with Gasteiger partial charge in [-0.3, -0.25) is 0 Å². The normalized spacial score (nSPS) is 16.6. The summed E-state index contributed by atoms with van der Waals surface area (Å²) in [7, 11) is 1.40. The lowest BCUT2D eigenvalue weighted by molar-refractivity contribution is 0.0600.